The fourth-order valence-electron chi connectivity index (χ4n) is 3.75. The van der Waals surface area contributed by atoms with E-state index in [0.717, 1.165) is 16.7 Å². The van der Waals surface area contributed by atoms with Crippen LogP contribution in [0.1, 0.15) is 43.3 Å². The smallest absolute Gasteiger partial charge is 0.254 e. The summed E-state index contributed by atoms with van der Waals surface area (Å²) in [6.45, 7) is 0.922. The number of carbonyl (C=O) groups is 2. The summed E-state index contributed by atoms with van der Waals surface area (Å²) >= 11 is 0. The third-order valence-corrected chi connectivity index (χ3v) is 5.28. The number of nitrogens with zero attached hydrogens (tertiary/aromatic N) is 2. The van der Waals surface area contributed by atoms with E-state index in [-0.39, 0.29) is 17.7 Å². The molecular weight excluding hydrogens is 380 g/mol. The second-order valence-corrected chi connectivity index (χ2v) is 7.32. The zero-order chi connectivity index (χ0) is 21.1. The predicted octanol–water partition coefficient (Wildman–Crippen LogP) is 2.28. The van der Waals surface area contributed by atoms with Crippen LogP contribution in [0.3, 0.4) is 0 Å². The highest BCUT2D eigenvalue weighted by molar-refractivity contribution is 6.02. The third-order valence-electron chi connectivity index (χ3n) is 5.28. The Kier molecular flexibility index (Phi) is 5.52. The minimum absolute atomic E-state index is 0.0206. The minimum Gasteiger partial charge on any atom is -0.491 e. The molecule has 2 amide bonds. The maximum Gasteiger partial charge on any atom is 0.254 e. The highest BCUT2D eigenvalue weighted by Crippen LogP contribution is 2.41. The molecule has 7 heteroatoms. The fraction of sp³-hybridized carbons (Fsp3) is 0.261. The van der Waals surface area contributed by atoms with E-state index >= 15 is 0 Å². The molecule has 1 aliphatic heterocycles. The van der Waals surface area contributed by atoms with Gasteiger partial charge in [0.15, 0.2) is 0 Å². The molecule has 3 aromatic rings. The van der Waals surface area contributed by atoms with E-state index in [1.807, 2.05) is 49.6 Å². The molecule has 0 fully saturated rings. The number of hydrogen-bond donors (Lipinski definition) is 2. The lowest BCUT2D eigenvalue weighted by Gasteiger charge is -2.13. The van der Waals surface area contributed by atoms with Crippen LogP contribution in [-0.4, -0.2) is 41.8 Å². The molecule has 0 radical (unpaired) electrons. The van der Waals surface area contributed by atoms with Crippen LogP contribution < -0.4 is 15.4 Å². The van der Waals surface area contributed by atoms with Gasteiger partial charge in [0.1, 0.15) is 5.75 Å². The number of benzene rings is 2. The Morgan fingerprint density at radius 1 is 1.20 bits per heavy atom. The van der Waals surface area contributed by atoms with Gasteiger partial charge < -0.3 is 15.4 Å². The molecule has 2 heterocycles. The number of hydrogen-bond acceptors (Lipinski definition) is 4. The summed E-state index contributed by atoms with van der Waals surface area (Å²) in [7, 11) is 3.43. The van der Waals surface area contributed by atoms with Gasteiger partial charge in [0, 0.05) is 43.9 Å². The highest BCUT2D eigenvalue weighted by atomic mass is 16.5. The van der Waals surface area contributed by atoms with Gasteiger partial charge in [0.05, 0.1) is 18.4 Å². The van der Waals surface area contributed by atoms with Gasteiger partial charge in [0.2, 0.25) is 0 Å². The molecule has 2 N–H and O–H groups in total. The van der Waals surface area contributed by atoms with E-state index in [1.54, 1.807) is 24.0 Å². The van der Waals surface area contributed by atoms with Crippen LogP contribution in [-0.2, 0) is 13.5 Å². The van der Waals surface area contributed by atoms with Crippen LogP contribution >= 0.6 is 0 Å². The molecule has 0 bridgehead atoms. The Morgan fingerprint density at radius 3 is 2.70 bits per heavy atom. The van der Waals surface area contributed by atoms with E-state index in [2.05, 4.69) is 15.7 Å². The lowest BCUT2D eigenvalue weighted by atomic mass is 9.90. The van der Waals surface area contributed by atoms with Gasteiger partial charge in [-0.1, -0.05) is 30.3 Å². The van der Waals surface area contributed by atoms with Crippen molar-refractivity contribution in [3.63, 3.8) is 0 Å². The van der Waals surface area contributed by atoms with Crippen LogP contribution in [0.4, 0.5) is 0 Å². The minimum atomic E-state index is -0.273. The Balaban J connectivity index is 1.60. The first-order chi connectivity index (χ1) is 14.6. The van der Waals surface area contributed by atoms with E-state index in [9.17, 15) is 9.59 Å². The average molecular weight is 404 g/mol. The van der Waals surface area contributed by atoms with Gasteiger partial charge >= 0.3 is 0 Å². The monoisotopic (exact) mass is 404 g/mol. The number of aromatic nitrogens is 2. The van der Waals surface area contributed by atoms with E-state index < -0.39 is 0 Å². The maximum atomic E-state index is 12.8. The Hall–Kier alpha value is -3.61. The van der Waals surface area contributed by atoms with Crippen LogP contribution in [0.5, 0.6) is 5.75 Å². The van der Waals surface area contributed by atoms with Gasteiger partial charge in [-0.05, 0) is 29.7 Å². The largest absolute Gasteiger partial charge is 0.491 e. The van der Waals surface area contributed by atoms with Gasteiger partial charge in [-0.15, -0.1) is 0 Å². The van der Waals surface area contributed by atoms with Crippen LogP contribution in [0.25, 0.3) is 0 Å². The van der Waals surface area contributed by atoms with Crippen LogP contribution in [0.15, 0.2) is 54.9 Å². The average Bonchev–Trinajstić information content (AvgIpc) is 3.39. The molecule has 154 valence electrons. The summed E-state index contributed by atoms with van der Waals surface area (Å²) < 4.78 is 7.63. The maximum absolute atomic E-state index is 12.8. The molecule has 1 atom stereocenters. The molecule has 4 rings (SSSR count). The van der Waals surface area contributed by atoms with Gasteiger partial charge in [-0.2, -0.15) is 5.10 Å². The van der Waals surface area contributed by atoms with E-state index in [0.29, 0.717) is 36.4 Å². The molecule has 7 nitrogen and oxygen atoms in total. The fourth-order valence-corrected chi connectivity index (χ4v) is 3.75. The van der Waals surface area contributed by atoms with Crippen molar-refractivity contribution in [2.75, 3.05) is 20.2 Å². The second kappa shape index (κ2) is 8.41. The van der Waals surface area contributed by atoms with Crippen molar-refractivity contribution in [3.05, 3.63) is 82.7 Å². The van der Waals surface area contributed by atoms with Crippen molar-refractivity contribution in [2.45, 2.75) is 12.3 Å². The molecule has 0 unspecified atom stereocenters. The zero-order valence-electron chi connectivity index (χ0n) is 17.0. The van der Waals surface area contributed by atoms with E-state index in [1.165, 1.54) is 0 Å². The summed E-state index contributed by atoms with van der Waals surface area (Å²) in [4.78, 5) is 25.3. The Labute approximate surface area is 175 Å². The molecule has 1 aliphatic rings. The number of ether oxygens (including phenoxy) is 1. The standard InChI is InChI=1S/C23H24N4O3/c1-24-23(29)19-11-17(22(28)25-9-8-15-12-26-27(2)13-15)10-18-20(14-30-21(18)19)16-6-4-3-5-7-16/h3-7,10-13,20H,8-9,14H2,1-2H3,(H,24,29)(H,25,28)/t20-/m1/s1. The van der Waals surface area contributed by atoms with Crippen molar-refractivity contribution in [1.29, 1.82) is 0 Å². The molecule has 0 aliphatic carbocycles. The molecule has 1 aromatic heterocycles. The molecule has 0 saturated carbocycles. The number of fused-ring (bicyclic) bond motifs is 1. The lowest BCUT2D eigenvalue weighted by molar-refractivity contribution is 0.0954. The lowest BCUT2D eigenvalue weighted by Crippen LogP contribution is -2.26. The van der Waals surface area contributed by atoms with Gasteiger partial charge in [-0.3, -0.25) is 14.3 Å². The molecule has 2 aromatic carbocycles. The first-order valence-electron chi connectivity index (χ1n) is 9.90. The van der Waals surface area contributed by atoms with Crippen molar-refractivity contribution in [1.82, 2.24) is 20.4 Å². The van der Waals surface area contributed by atoms with Crippen molar-refractivity contribution in [2.24, 2.45) is 7.05 Å². The zero-order valence-corrected chi connectivity index (χ0v) is 17.0. The quantitative estimate of drug-likeness (QED) is 0.660. The van der Waals surface area contributed by atoms with Crippen molar-refractivity contribution < 1.29 is 14.3 Å². The molecule has 0 saturated heterocycles. The Bertz CT molecular complexity index is 1080. The molecule has 0 spiro atoms. The summed E-state index contributed by atoms with van der Waals surface area (Å²) in [5, 5.41) is 9.71. The number of nitrogens with one attached hydrogen (secondary N) is 2. The SMILES string of the molecule is CNC(=O)c1cc(C(=O)NCCc2cnn(C)c2)cc2c1OC[C@@H]2c1ccccc1. The third kappa shape index (κ3) is 3.91. The summed E-state index contributed by atoms with van der Waals surface area (Å²) in [5.41, 5.74) is 3.83. The Morgan fingerprint density at radius 2 is 2.00 bits per heavy atom. The summed E-state index contributed by atoms with van der Waals surface area (Å²) in [6.07, 6.45) is 4.39. The number of amides is 2. The predicted molar refractivity (Wildman–Crippen MR) is 113 cm³/mol. The topological polar surface area (TPSA) is 85.3 Å². The highest BCUT2D eigenvalue weighted by Gasteiger charge is 2.31. The first-order valence-corrected chi connectivity index (χ1v) is 9.90. The summed E-state index contributed by atoms with van der Waals surface area (Å²) in [5.74, 6) is 0.0402. The normalized spacial score (nSPS) is 14.7. The summed E-state index contributed by atoms with van der Waals surface area (Å²) in [6, 6.07) is 13.4. The van der Waals surface area contributed by atoms with Crippen LogP contribution in [0, 0.1) is 0 Å². The van der Waals surface area contributed by atoms with Crippen LogP contribution in [0.2, 0.25) is 0 Å². The van der Waals surface area contributed by atoms with Crippen molar-refractivity contribution in [3.8, 4) is 5.75 Å². The molecule has 30 heavy (non-hydrogen) atoms. The van der Waals surface area contributed by atoms with Crippen molar-refractivity contribution >= 4 is 11.8 Å². The second-order valence-electron chi connectivity index (χ2n) is 7.32. The van der Waals surface area contributed by atoms with Gasteiger partial charge in [-0.25, -0.2) is 0 Å². The van der Waals surface area contributed by atoms with Gasteiger partial charge in [0.25, 0.3) is 11.8 Å². The number of aryl methyl sites for hydroxylation is 1. The number of carbonyl (C=O) groups excluding carboxylic acids is 2. The number of rotatable bonds is 6. The first kappa shape index (κ1) is 19.7. The van der Waals surface area contributed by atoms with E-state index in [4.69, 9.17) is 4.74 Å². The molecular formula is C23H24N4O3.